The third-order valence-electron chi connectivity index (χ3n) is 4.96. The van der Waals surface area contributed by atoms with Crippen LogP contribution in [0, 0.1) is 0 Å². The molecule has 2 aromatic rings. The van der Waals surface area contributed by atoms with Crippen LogP contribution in [0.1, 0.15) is 23.7 Å². The number of para-hydroxylation sites is 1. The predicted molar refractivity (Wildman–Crippen MR) is 106 cm³/mol. The number of aromatic nitrogens is 2. The Labute approximate surface area is 165 Å². The fourth-order valence-electron chi connectivity index (χ4n) is 3.55. The van der Waals surface area contributed by atoms with Gasteiger partial charge < -0.3 is 24.4 Å². The molecule has 3 heterocycles. The molecule has 2 aliphatic rings. The predicted octanol–water partition coefficient (Wildman–Crippen LogP) is 1.73. The zero-order chi connectivity index (χ0) is 19.3. The lowest BCUT2D eigenvalue weighted by molar-refractivity contribution is -0.00805. The van der Waals surface area contributed by atoms with Crippen molar-refractivity contribution in [2.75, 3.05) is 40.0 Å². The van der Waals surface area contributed by atoms with Crippen LogP contribution >= 0.6 is 0 Å². The lowest BCUT2D eigenvalue weighted by atomic mass is 10.1. The largest absolute Gasteiger partial charge is 0.490 e. The van der Waals surface area contributed by atoms with Crippen LogP contribution < -0.4 is 14.8 Å². The molecule has 0 bridgehead atoms. The molecule has 1 fully saturated rings. The third-order valence-corrected chi connectivity index (χ3v) is 4.96. The summed E-state index contributed by atoms with van der Waals surface area (Å²) in [6, 6.07) is 6.02. The topological polar surface area (TPSA) is 73.1 Å². The molecule has 4 rings (SSSR count). The number of fused-ring (bicyclic) bond motifs is 1. The van der Waals surface area contributed by atoms with Crippen LogP contribution in [0.2, 0.25) is 0 Å². The molecule has 0 amide bonds. The highest BCUT2D eigenvalue weighted by Crippen LogP contribution is 2.33. The normalized spacial score (nSPS) is 20.0. The van der Waals surface area contributed by atoms with E-state index in [0.717, 1.165) is 48.1 Å². The molecule has 8 heteroatoms. The molecule has 0 aliphatic carbocycles. The van der Waals surface area contributed by atoms with Gasteiger partial charge in [-0.3, -0.25) is 9.67 Å². The molecule has 150 valence electrons. The Morgan fingerprint density at radius 1 is 1.29 bits per heavy atom. The molecule has 0 saturated carbocycles. The maximum Gasteiger partial charge on any atom is 0.194 e. The van der Waals surface area contributed by atoms with Crippen molar-refractivity contribution >= 4 is 5.96 Å². The van der Waals surface area contributed by atoms with Crippen LogP contribution in [0.3, 0.4) is 0 Å². The van der Waals surface area contributed by atoms with E-state index in [0.29, 0.717) is 26.4 Å². The van der Waals surface area contributed by atoms with Crippen LogP contribution in [-0.2, 0) is 18.3 Å². The highest BCUT2D eigenvalue weighted by Gasteiger charge is 2.25. The molecular formula is C20H27N5O3. The highest BCUT2D eigenvalue weighted by atomic mass is 16.5. The first-order valence-corrected chi connectivity index (χ1v) is 9.68. The molecule has 2 aliphatic heterocycles. The summed E-state index contributed by atoms with van der Waals surface area (Å²) < 4.78 is 19.4. The van der Waals surface area contributed by atoms with Gasteiger partial charge in [-0.2, -0.15) is 5.10 Å². The quantitative estimate of drug-likeness (QED) is 0.641. The molecule has 8 nitrogen and oxygen atoms in total. The Balaban J connectivity index is 1.43. The zero-order valence-electron chi connectivity index (χ0n) is 16.4. The van der Waals surface area contributed by atoms with E-state index < -0.39 is 0 Å². The maximum atomic E-state index is 5.94. The van der Waals surface area contributed by atoms with E-state index >= 15 is 0 Å². The molecule has 1 N–H and O–H groups in total. The monoisotopic (exact) mass is 385 g/mol. The van der Waals surface area contributed by atoms with E-state index in [2.05, 4.69) is 26.4 Å². The minimum atomic E-state index is -0.00858. The maximum absolute atomic E-state index is 5.94. The second-order valence-electron chi connectivity index (χ2n) is 6.95. The fraction of sp³-hybridized carbons (Fsp3) is 0.500. The SMILES string of the molecule is CN=C(NCc1cccc2c1OCCCO2)N1CCOC(c2cnn(C)c2)C1. The van der Waals surface area contributed by atoms with Crippen molar-refractivity contribution in [1.29, 1.82) is 0 Å². The van der Waals surface area contributed by atoms with Gasteiger partial charge >= 0.3 is 0 Å². The van der Waals surface area contributed by atoms with Gasteiger partial charge in [0.1, 0.15) is 6.10 Å². The van der Waals surface area contributed by atoms with Gasteiger partial charge in [-0.25, -0.2) is 0 Å². The van der Waals surface area contributed by atoms with Crippen molar-refractivity contribution in [3.8, 4) is 11.5 Å². The minimum absolute atomic E-state index is 0.00858. The average molecular weight is 385 g/mol. The first-order chi connectivity index (χ1) is 13.7. The summed E-state index contributed by atoms with van der Waals surface area (Å²) in [5, 5.41) is 7.72. The van der Waals surface area contributed by atoms with Crippen molar-refractivity contribution in [2.24, 2.45) is 12.0 Å². The zero-order valence-corrected chi connectivity index (χ0v) is 16.4. The first-order valence-electron chi connectivity index (χ1n) is 9.68. The standard InChI is InChI=1S/C20H27N5O3/c1-21-20(25-7-10-27-18(14-25)16-12-23-24(2)13-16)22-11-15-5-3-6-17-19(15)28-9-4-8-26-17/h3,5-6,12-13,18H,4,7-11,14H2,1-2H3,(H,21,22). The van der Waals surface area contributed by atoms with Crippen LogP contribution in [0.25, 0.3) is 0 Å². The lowest BCUT2D eigenvalue weighted by Gasteiger charge is -2.34. The number of hydrogen-bond donors (Lipinski definition) is 1. The lowest BCUT2D eigenvalue weighted by Crippen LogP contribution is -2.47. The number of guanidine groups is 1. The molecule has 1 unspecified atom stereocenters. The van der Waals surface area contributed by atoms with E-state index in [1.165, 1.54) is 0 Å². The molecule has 0 radical (unpaired) electrons. The molecule has 1 aromatic carbocycles. The Morgan fingerprint density at radius 3 is 3.00 bits per heavy atom. The van der Waals surface area contributed by atoms with Crippen molar-refractivity contribution in [2.45, 2.75) is 19.1 Å². The van der Waals surface area contributed by atoms with Crippen molar-refractivity contribution in [1.82, 2.24) is 20.0 Å². The van der Waals surface area contributed by atoms with Gasteiger partial charge in [0.2, 0.25) is 0 Å². The Bertz CT molecular complexity index is 835. The number of ether oxygens (including phenoxy) is 3. The van der Waals surface area contributed by atoms with E-state index in [-0.39, 0.29) is 6.10 Å². The Kier molecular flexibility index (Phi) is 5.66. The second kappa shape index (κ2) is 8.52. The molecule has 1 atom stereocenters. The number of morpholine rings is 1. The number of benzene rings is 1. The summed E-state index contributed by atoms with van der Waals surface area (Å²) in [4.78, 5) is 6.70. The van der Waals surface area contributed by atoms with Crippen LogP contribution in [0.4, 0.5) is 0 Å². The number of rotatable bonds is 3. The van der Waals surface area contributed by atoms with E-state index in [4.69, 9.17) is 14.2 Å². The molecule has 1 saturated heterocycles. The van der Waals surface area contributed by atoms with Gasteiger partial charge in [0.25, 0.3) is 0 Å². The number of aryl methyl sites for hydroxylation is 1. The summed E-state index contributed by atoms with van der Waals surface area (Å²) >= 11 is 0. The van der Waals surface area contributed by atoms with Crippen LogP contribution in [-0.4, -0.2) is 60.6 Å². The summed E-state index contributed by atoms with van der Waals surface area (Å²) in [5.41, 5.74) is 2.15. The molecular weight excluding hydrogens is 358 g/mol. The van der Waals surface area contributed by atoms with Gasteiger partial charge in [-0.15, -0.1) is 0 Å². The molecule has 0 spiro atoms. The number of aliphatic imine (C=N–C) groups is 1. The highest BCUT2D eigenvalue weighted by molar-refractivity contribution is 5.80. The number of nitrogens with one attached hydrogen (secondary N) is 1. The van der Waals surface area contributed by atoms with E-state index in [1.54, 1.807) is 4.68 Å². The third kappa shape index (κ3) is 4.06. The summed E-state index contributed by atoms with van der Waals surface area (Å²) in [5.74, 6) is 2.50. The number of hydrogen-bond acceptors (Lipinski definition) is 5. The van der Waals surface area contributed by atoms with Gasteiger partial charge in [0.05, 0.1) is 32.6 Å². The van der Waals surface area contributed by atoms with Gasteiger partial charge in [-0.1, -0.05) is 12.1 Å². The van der Waals surface area contributed by atoms with Crippen LogP contribution in [0.15, 0.2) is 35.6 Å². The summed E-state index contributed by atoms with van der Waals surface area (Å²) in [6.07, 6.45) is 4.75. The van der Waals surface area contributed by atoms with Gasteiger partial charge in [0, 0.05) is 50.9 Å². The van der Waals surface area contributed by atoms with Gasteiger partial charge in [0.15, 0.2) is 17.5 Å². The molecule has 28 heavy (non-hydrogen) atoms. The van der Waals surface area contributed by atoms with Crippen molar-refractivity contribution in [3.05, 3.63) is 41.7 Å². The average Bonchev–Trinajstić information content (AvgIpc) is 3.01. The Morgan fingerprint density at radius 2 is 2.18 bits per heavy atom. The van der Waals surface area contributed by atoms with Crippen molar-refractivity contribution in [3.63, 3.8) is 0 Å². The van der Waals surface area contributed by atoms with E-state index in [1.807, 2.05) is 38.6 Å². The summed E-state index contributed by atoms with van der Waals surface area (Å²) in [6.45, 7) is 4.16. The first kappa shape index (κ1) is 18.6. The Hall–Kier alpha value is -2.74. The smallest absolute Gasteiger partial charge is 0.194 e. The summed E-state index contributed by atoms with van der Waals surface area (Å²) in [7, 11) is 3.72. The fourth-order valence-corrected chi connectivity index (χ4v) is 3.55. The number of nitrogens with zero attached hydrogens (tertiary/aromatic N) is 4. The minimum Gasteiger partial charge on any atom is -0.490 e. The molecule has 1 aromatic heterocycles. The van der Waals surface area contributed by atoms with Crippen LogP contribution in [0.5, 0.6) is 11.5 Å². The second-order valence-corrected chi connectivity index (χ2v) is 6.95. The van der Waals surface area contributed by atoms with Crippen molar-refractivity contribution < 1.29 is 14.2 Å². The van der Waals surface area contributed by atoms with E-state index in [9.17, 15) is 0 Å². The van der Waals surface area contributed by atoms with Gasteiger partial charge in [-0.05, 0) is 6.07 Å².